The van der Waals surface area contributed by atoms with E-state index in [-0.39, 0.29) is 5.91 Å². The maximum Gasteiger partial charge on any atom is 0.339 e. The second-order valence-electron chi connectivity index (χ2n) is 8.19. The fraction of sp³-hybridized carbons (Fsp3) is 0.435. The van der Waals surface area contributed by atoms with Gasteiger partial charge in [-0.3, -0.25) is 4.79 Å². The molecule has 4 rings (SSSR count). The van der Waals surface area contributed by atoms with Crippen molar-refractivity contribution < 1.29 is 14.3 Å². The second kappa shape index (κ2) is 8.64. The van der Waals surface area contributed by atoms with Crippen LogP contribution in [0.4, 0.5) is 5.82 Å². The lowest BCUT2D eigenvalue weighted by Crippen LogP contribution is -2.65. The summed E-state index contributed by atoms with van der Waals surface area (Å²) in [6.07, 6.45) is 5.53. The number of esters is 1. The zero-order valence-corrected chi connectivity index (χ0v) is 17.9. The van der Waals surface area contributed by atoms with Crippen LogP contribution >= 0.6 is 11.6 Å². The number of methoxy groups -OCH3 is 1. The molecular weight excluding hydrogens is 402 g/mol. The molecule has 2 aliphatic rings. The van der Waals surface area contributed by atoms with Crippen molar-refractivity contribution in [2.24, 2.45) is 5.41 Å². The van der Waals surface area contributed by atoms with Gasteiger partial charge in [0.1, 0.15) is 5.82 Å². The molecule has 1 aromatic carbocycles. The normalized spacial score (nSPS) is 17.9. The largest absolute Gasteiger partial charge is 0.465 e. The second-order valence-corrected chi connectivity index (χ2v) is 8.63. The first-order valence-corrected chi connectivity index (χ1v) is 10.7. The zero-order chi connectivity index (χ0) is 21.1. The number of carbonyl (C=O) groups excluding carboxylic acids is 2. The van der Waals surface area contributed by atoms with E-state index in [1.165, 1.54) is 19.7 Å². The lowest BCUT2D eigenvalue weighted by atomic mass is 9.73. The van der Waals surface area contributed by atoms with Gasteiger partial charge in [-0.2, -0.15) is 0 Å². The summed E-state index contributed by atoms with van der Waals surface area (Å²) in [6, 6.07) is 11.3. The minimum absolute atomic E-state index is 0.236. The fourth-order valence-electron chi connectivity index (χ4n) is 4.41. The summed E-state index contributed by atoms with van der Waals surface area (Å²) in [5.41, 5.74) is 1.06. The number of carbonyl (C=O) groups is 2. The third-order valence-electron chi connectivity index (χ3n) is 6.03. The zero-order valence-electron chi connectivity index (χ0n) is 17.1. The summed E-state index contributed by atoms with van der Waals surface area (Å²) in [7, 11) is 1.35. The van der Waals surface area contributed by atoms with Crippen molar-refractivity contribution in [2.75, 3.05) is 38.2 Å². The Kier molecular flexibility index (Phi) is 5.95. The number of amides is 1. The van der Waals surface area contributed by atoms with Crippen LogP contribution in [0.2, 0.25) is 5.02 Å². The van der Waals surface area contributed by atoms with E-state index in [4.69, 9.17) is 16.3 Å². The van der Waals surface area contributed by atoms with Gasteiger partial charge in [-0.15, -0.1) is 0 Å². The monoisotopic (exact) mass is 427 g/mol. The number of pyridine rings is 1. The third kappa shape index (κ3) is 4.15. The van der Waals surface area contributed by atoms with Crippen molar-refractivity contribution in [1.29, 1.82) is 0 Å². The number of ether oxygens (including phenoxy) is 1. The summed E-state index contributed by atoms with van der Waals surface area (Å²) in [4.78, 5) is 33.7. The lowest BCUT2D eigenvalue weighted by molar-refractivity contribution is -0.144. The molecule has 0 saturated carbocycles. The molecule has 2 aliphatic heterocycles. The van der Waals surface area contributed by atoms with E-state index in [0.29, 0.717) is 30.1 Å². The number of hydrogen-bond donors (Lipinski definition) is 0. The molecule has 0 spiro atoms. The van der Waals surface area contributed by atoms with Crippen LogP contribution in [0.15, 0.2) is 42.6 Å². The van der Waals surface area contributed by atoms with Crippen molar-refractivity contribution in [2.45, 2.75) is 25.7 Å². The first kappa shape index (κ1) is 20.7. The van der Waals surface area contributed by atoms with Crippen LogP contribution in [0.3, 0.4) is 0 Å². The summed E-state index contributed by atoms with van der Waals surface area (Å²) in [6.45, 7) is 2.89. The average Bonchev–Trinajstić information content (AvgIpc) is 2.77. The highest BCUT2D eigenvalue weighted by Gasteiger charge is 2.51. The molecule has 0 bridgehead atoms. The van der Waals surface area contributed by atoms with Crippen LogP contribution in [0.5, 0.6) is 0 Å². The van der Waals surface area contributed by atoms with Gasteiger partial charge >= 0.3 is 5.97 Å². The molecule has 158 valence electrons. The topological polar surface area (TPSA) is 62.7 Å². The molecule has 0 unspecified atom stereocenters. The number of likely N-dealkylation sites (tertiary alicyclic amines) is 1. The van der Waals surface area contributed by atoms with Crippen LogP contribution in [0.1, 0.15) is 35.2 Å². The molecule has 3 heterocycles. The predicted molar refractivity (Wildman–Crippen MR) is 116 cm³/mol. The Bertz CT molecular complexity index is 902. The minimum atomic E-state index is -0.464. The molecule has 0 radical (unpaired) electrons. The standard InChI is InChI=1S/C23H26ClN3O3/c1-30-21(28)18-7-10-20(25-14-18)27-15-23(16-27,13-17-5-8-19(24)9-6-17)22(29)26-11-3-2-4-12-26/h5-10,14H,2-4,11-13,15-16H2,1H3. The van der Waals surface area contributed by atoms with Gasteiger partial charge in [0, 0.05) is 37.4 Å². The van der Waals surface area contributed by atoms with E-state index in [1.807, 2.05) is 35.2 Å². The Labute approximate surface area is 181 Å². The SMILES string of the molecule is COC(=O)c1ccc(N2CC(Cc3ccc(Cl)cc3)(C(=O)N3CCCCC3)C2)nc1. The Hall–Kier alpha value is -2.60. The summed E-state index contributed by atoms with van der Waals surface area (Å²) in [5, 5.41) is 0.695. The van der Waals surface area contributed by atoms with E-state index >= 15 is 0 Å². The number of piperidine rings is 1. The maximum absolute atomic E-state index is 13.5. The number of benzene rings is 1. The fourth-order valence-corrected chi connectivity index (χ4v) is 4.53. The molecule has 2 fully saturated rings. The highest BCUT2D eigenvalue weighted by molar-refractivity contribution is 6.30. The molecule has 6 nitrogen and oxygen atoms in total. The molecular formula is C23H26ClN3O3. The molecule has 0 aliphatic carbocycles. The van der Waals surface area contributed by atoms with Crippen molar-refractivity contribution in [3.05, 3.63) is 58.7 Å². The number of rotatable bonds is 5. The van der Waals surface area contributed by atoms with Gasteiger partial charge in [0.05, 0.1) is 18.1 Å². The van der Waals surface area contributed by atoms with Gasteiger partial charge in [0.15, 0.2) is 0 Å². The van der Waals surface area contributed by atoms with E-state index in [1.54, 1.807) is 6.07 Å². The Morgan fingerprint density at radius 2 is 1.77 bits per heavy atom. The molecule has 1 amide bonds. The van der Waals surface area contributed by atoms with Crippen molar-refractivity contribution in [1.82, 2.24) is 9.88 Å². The highest BCUT2D eigenvalue weighted by atomic mass is 35.5. The molecule has 2 aromatic rings. The minimum Gasteiger partial charge on any atom is -0.465 e. The quantitative estimate of drug-likeness (QED) is 0.682. The summed E-state index contributed by atoms with van der Waals surface area (Å²) < 4.78 is 4.73. The molecule has 0 N–H and O–H groups in total. The van der Waals surface area contributed by atoms with Gasteiger partial charge in [-0.05, 0) is 55.5 Å². The summed E-state index contributed by atoms with van der Waals surface area (Å²) >= 11 is 6.04. The van der Waals surface area contributed by atoms with Crippen LogP contribution in [-0.4, -0.2) is 55.0 Å². The van der Waals surface area contributed by atoms with Crippen molar-refractivity contribution >= 4 is 29.3 Å². The number of aromatic nitrogens is 1. The van der Waals surface area contributed by atoms with Gasteiger partial charge in [0.25, 0.3) is 0 Å². The number of hydrogen-bond acceptors (Lipinski definition) is 5. The molecule has 30 heavy (non-hydrogen) atoms. The van der Waals surface area contributed by atoms with E-state index in [2.05, 4.69) is 9.88 Å². The Morgan fingerprint density at radius 1 is 1.07 bits per heavy atom. The third-order valence-corrected chi connectivity index (χ3v) is 6.28. The molecule has 1 aromatic heterocycles. The first-order valence-electron chi connectivity index (χ1n) is 10.3. The van der Waals surface area contributed by atoms with Gasteiger partial charge < -0.3 is 14.5 Å². The van der Waals surface area contributed by atoms with E-state index < -0.39 is 11.4 Å². The van der Waals surface area contributed by atoms with Gasteiger partial charge in [0.2, 0.25) is 5.91 Å². The van der Waals surface area contributed by atoms with Crippen molar-refractivity contribution in [3.8, 4) is 0 Å². The highest BCUT2D eigenvalue weighted by Crippen LogP contribution is 2.39. The molecule has 0 atom stereocenters. The first-order chi connectivity index (χ1) is 14.5. The van der Waals surface area contributed by atoms with Crippen LogP contribution in [0.25, 0.3) is 0 Å². The van der Waals surface area contributed by atoms with Gasteiger partial charge in [-0.25, -0.2) is 9.78 Å². The molecule has 7 heteroatoms. The van der Waals surface area contributed by atoms with Crippen LogP contribution in [0, 0.1) is 5.41 Å². The predicted octanol–water partition coefficient (Wildman–Crippen LogP) is 3.58. The van der Waals surface area contributed by atoms with Crippen LogP contribution < -0.4 is 4.90 Å². The number of anilines is 1. The maximum atomic E-state index is 13.5. The molecule has 2 saturated heterocycles. The number of halogens is 1. The lowest BCUT2D eigenvalue weighted by Gasteiger charge is -2.51. The van der Waals surface area contributed by atoms with E-state index in [0.717, 1.165) is 37.3 Å². The van der Waals surface area contributed by atoms with Gasteiger partial charge in [-0.1, -0.05) is 23.7 Å². The van der Waals surface area contributed by atoms with Crippen LogP contribution in [-0.2, 0) is 16.0 Å². The summed E-state index contributed by atoms with van der Waals surface area (Å²) in [5.74, 6) is 0.593. The number of nitrogens with zero attached hydrogens (tertiary/aromatic N) is 3. The Morgan fingerprint density at radius 3 is 2.37 bits per heavy atom. The van der Waals surface area contributed by atoms with E-state index in [9.17, 15) is 9.59 Å². The smallest absolute Gasteiger partial charge is 0.339 e. The Balaban J connectivity index is 1.53. The average molecular weight is 428 g/mol. The van der Waals surface area contributed by atoms with Crippen molar-refractivity contribution in [3.63, 3.8) is 0 Å².